The van der Waals surface area contributed by atoms with Crippen molar-refractivity contribution in [1.82, 2.24) is 0 Å². The van der Waals surface area contributed by atoms with E-state index in [4.69, 9.17) is 10.8 Å². The highest BCUT2D eigenvalue weighted by Gasteiger charge is 2.21. The number of carbonyl (C=O) groups excluding carboxylic acids is 1. The number of aliphatic hydroxyl groups is 2. The van der Waals surface area contributed by atoms with Crippen LogP contribution in [0.25, 0.3) is 0 Å². The summed E-state index contributed by atoms with van der Waals surface area (Å²) in [6.07, 6.45) is -2.07. The van der Waals surface area contributed by atoms with Gasteiger partial charge in [0.05, 0.1) is 17.4 Å². The third-order valence-electron chi connectivity index (χ3n) is 2.59. The molecule has 2 unspecified atom stereocenters. The quantitative estimate of drug-likeness (QED) is 0.518. The maximum Gasteiger partial charge on any atom is 0.303 e. The molecule has 0 bridgehead atoms. The number of carbonyl (C=O) groups is 2. The molecule has 0 saturated heterocycles. The Morgan fingerprint density at radius 2 is 1.95 bits per heavy atom. The fourth-order valence-corrected chi connectivity index (χ4v) is 2.54. The fourth-order valence-electron chi connectivity index (χ4n) is 1.52. The molecule has 0 spiro atoms. The molecule has 0 saturated carbocycles. The van der Waals surface area contributed by atoms with Gasteiger partial charge in [-0.15, -0.1) is 11.3 Å². The molecule has 7 heteroatoms. The molecule has 0 fully saturated rings. The predicted molar refractivity (Wildman–Crippen MR) is 70.2 cm³/mol. The second-order valence-electron chi connectivity index (χ2n) is 4.11. The van der Waals surface area contributed by atoms with Gasteiger partial charge in [0.2, 0.25) is 0 Å². The van der Waals surface area contributed by atoms with Crippen molar-refractivity contribution >= 4 is 23.1 Å². The molecule has 0 aliphatic heterocycles. The van der Waals surface area contributed by atoms with Gasteiger partial charge in [0.15, 0.2) is 5.78 Å². The molecular weight excluding hydrogens is 270 g/mol. The molecule has 0 radical (unpaired) electrons. The Bertz CT molecular complexity index is 445. The van der Waals surface area contributed by atoms with Crippen molar-refractivity contribution in [2.75, 3.05) is 6.54 Å². The second kappa shape index (κ2) is 7.34. The molecule has 6 nitrogen and oxygen atoms in total. The van der Waals surface area contributed by atoms with E-state index in [2.05, 4.69) is 0 Å². The standard InChI is InChI=1S/C12H17NO5S/c13-6-5-8(15)12(18)10-3-2-9(19-10)7(14)1-4-11(16)17/h2-3,8,12,15,18H,1,4-6,13H2,(H,16,17). The monoisotopic (exact) mass is 287 g/mol. The van der Waals surface area contributed by atoms with Gasteiger partial charge in [-0.1, -0.05) is 0 Å². The van der Waals surface area contributed by atoms with Crippen LogP contribution in [0.3, 0.4) is 0 Å². The third-order valence-corrected chi connectivity index (χ3v) is 3.78. The van der Waals surface area contributed by atoms with Crippen LogP contribution in [0.15, 0.2) is 12.1 Å². The number of rotatable bonds is 8. The zero-order chi connectivity index (χ0) is 14.4. The van der Waals surface area contributed by atoms with E-state index in [-0.39, 0.29) is 31.6 Å². The number of ketones is 1. The van der Waals surface area contributed by atoms with Crippen molar-refractivity contribution in [3.63, 3.8) is 0 Å². The van der Waals surface area contributed by atoms with Gasteiger partial charge in [-0.05, 0) is 25.1 Å². The number of carboxylic acids is 1. The third kappa shape index (κ3) is 4.71. The van der Waals surface area contributed by atoms with E-state index in [1.165, 1.54) is 6.07 Å². The van der Waals surface area contributed by atoms with Gasteiger partial charge in [0.1, 0.15) is 6.10 Å². The number of hydrogen-bond acceptors (Lipinski definition) is 6. The lowest BCUT2D eigenvalue weighted by molar-refractivity contribution is -0.136. The van der Waals surface area contributed by atoms with Crippen LogP contribution in [0.5, 0.6) is 0 Å². The largest absolute Gasteiger partial charge is 0.481 e. The molecule has 2 atom stereocenters. The minimum absolute atomic E-state index is 0.0727. The van der Waals surface area contributed by atoms with Crippen molar-refractivity contribution in [1.29, 1.82) is 0 Å². The maximum atomic E-state index is 11.7. The van der Waals surface area contributed by atoms with Gasteiger partial charge in [0, 0.05) is 11.3 Å². The summed E-state index contributed by atoms with van der Waals surface area (Å²) < 4.78 is 0. The maximum absolute atomic E-state index is 11.7. The lowest BCUT2D eigenvalue weighted by atomic mass is 10.1. The number of carboxylic acid groups (broad SMARTS) is 1. The Morgan fingerprint density at radius 1 is 1.26 bits per heavy atom. The number of thiophene rings is 1. The highest BCUT2D eigenvalue weighted by molar-refractivity contribution is 7.14. The Kier molecular flexibility index (Phi) is 6.10. The topological polar surface area (TPSA) is 121 Å². The van der Waals surface area contributed by atoms with Crippen LogP contribution in [0.4, 0.5) is 0 Å². The van der Waals surface area contributed by atoms with Gasteiger partial charge < -0.3 is 21.1 Å². The van der Waals surface area contributed by atoms with Crippen LogP contribution in [0.2, 0.25) is 0 Å². The van der Waals surface area contributed by atoms with E-state index in [9.17, 15) is 19.8 Å². The summed E-state index contributed by atoms with van der Waals surface area (Å²) in [5.74, 6) is -1.30. The Hall–Kier alpha value is -1.28. The van der Waals surface area contributed by atoms with Gasteiger partial charge >= 0.3 is 5.97 Å². The highest BCUT2D eigenvalue weighted by Crippen LogP contribution is 2.27. The van der Waals surface area contributed by atoms with E-state index in [1.807, 2.05) is 0 Å². The summed E-state index contributed by atoms with van der Waals surface area (Å²) in [7, 11) is 0. The van der Waals surface area contributed by atoms with Crippen molar-refractivity contribution < 1.29 is 24.9 Å². The molecule has 1 aromatic rings. The van der Waals surface area contributed by atoms with E-state index in [1.54, 1.807) is 6.07 Å². The molecule has 0 amide bonds. The van der Waals surface area contributed by atoms with Crippen LogP contribution >= 0.6 is 11.3 Å². The lowest BCUT2D eigenvalue weighted by Gasteiger charge is -2.15. The van der Waals surface area contributed by atoms with Crippen molar-refractivity contribution in [3.8, 4) is 0 Å². The number of Topliss-reactive ketones (excluding diaryl/α,β-unsaturated/α-hetero) is 1. The van der Waals surface area contributed by atoms with Crippen LogP contribution in [-0.2, 0) is 4.79 Å². The zero-order valence-corrected chi connectivity index (χ0v) is 11.1. The average Bonchev–Trinajstić information content (AvgIpc) is 2.84. The summed E-state index contributed by atoms with van der Waals surface area (Å²) in [5.41, 5.74) is 5.29. The van der Waals surface area contributed by atoms with Crippen LogP contribution in [-0.4, -0.2) is 39.7 Å². The molecule has 0 aromatic carbocycles. The molecule has 1 heterocycles. The van der Waals surface area contributed by atoms with Crippen LogP contribution < -0.4 is 5.73 Å². The molecule has 0 aliphatic carbocycles. The Labute approximate surface area is 114 Å². The number of aliphatic hydroxyl groups excluding tert-OH is 2. The Morgan fingerprint density at radius 3 is 2.53 bits per heavy atom. The first kappa shape index (κ1) is 15.8. The smallest absolute Gasteiger partial charge is 0.303 e. The molecule has 1 rings (SSSR count). The molecule has 19 heavy (non-hydrogen) atoms. The normalized spacial score (nSPS) is 14.1. The van der Waals surface area contributed by atoms with Gasteiger partial charge in [-0.3, -0.25) is 9.59 Å². The van der Waals surface area contributed by atoms with Crippen molar-refractivity contribution in [2.45, 2.75) is 31.5 Å². The van der Waals surface area contributed by atoms with Crippen molar-refractivity contribution in [3.05, 3.63) is 21.9 Å². The minimum atomic E-state index is -1.07. The molecule has 106 valence electrons. The van der Waals surface area contributed by atoms with E-state index in [0.29, 0.717) is 9.75 Å². The van der Waals surface area contributed by atoms with Gasteiger partial charge in [0.25, 0.3) is 0 Å². The fraction of sp³-hybridized carbons (Fsp3) is 0.500. The summed E-state index contributed by atoms with van der Waals surface area (Å²) in [6, 6.07) is 3.09. The molecule has 5 N–H and O–H groups in total. The summed E-state index contributed by atoms with van der Waals surface area (Å²) in [4.78, 5) is 22.9. The Balaban J connectivity index is 2.65. The van der Waals surface area contributed by atoms with Crippen LogP contribution in [0, 0.1) is 0 Å². The van der Waals surface area contributed by atoms with Crippen LogP contribution in [0.1, 0.15) is 39.9 Å². The summed E-state index contributed by atoms with van der Waals surface area (Å²) >= 11 is 1.06. The first-order valence-corrected chi connectivity index (χ1v) is 6.68. The summed E-state index contributed by atoms with van der Waals surface area (Å²) in [6.45, 7) is 0.258. The first-order chi connectivity index (χ1) is 8.95. The SMILES string of the molecule is NCCC(O)C(O)c1ccc(C(=O)CCC(=O)O)s1. The van der Waals surface area contributed by atoms with E-state index in [0.717, 1.165) is 11.3 Å². The number of aliphatic carboxylic acids is 1. The molecule has 0 aliphatic rings. The number of nitrogens with two attached hydrogens (primary N) is 1. The molecule has 1 aromatic heterocycles. The van der Waals surface area contributed by atoms with E-state index < -0.39 is 18.2 Å². The van der Waals surface area contributed by atoms with Crippen molar-refractivity contribution in [2.24, 2.45) is 5.73 Å². The van der Waals surface area contributed by atoms with Gasteiger partial charge in [-0.2, -0.15) is 0 Å². The molecular formula is C12H17NO5S. The summed E-state index contributed by atoms with van der Waals surface area (Å²) in [5, 5.41) is 27.9. The second-order valence-corrected chi connectivity index (χ2v) is 5.22. The average molecular weight is 287 g/mol. The first-order valence-electron chi connectivity index (χ1n) is 5.86. The predicted octanol–water partition coefficient (Wildman–Crippen LogP) is 0.539. The minimum Gasteiger partial charge on any atom is -0.481 e. The van der Waals surface area contributed by atoms with Gasteiger partial charge in [-0.25, -0.2) is 0 Å². The zero-order valence-electron chi connectivity index (χ0n) is 10.3. The lowest BCUT2D eigenvalue weighted by Crippen LogP contribution is -2.21. The highest BCUT2D eigenvalue weighted by atomic mass is 32.1. The number of hydrogen-bond donors (Lipinski definition) is 4. The van der Waals surface area contributed by atoms with E-state index >= 15 is 0 Å².